The number of nitrogens with zero attached hydrogens (tertiary/aromatic N) is 3. The van der Waals surface area contributed by atoms with Crippen LogP contribution in [-0.2, 0) is 10.1 Å². The highest BCUT2D eigenvalue weighted by atomic mass is 32.2. The fourth-order valence-electron chi connectivity index (χ4n) is 7.19. The van der Waals surface area contributed by atoms with Crippen molar-refractivity contribution in [3.63, 3.8) is 0 Å². The Bertz CT molecular complexity index is 2720. The molecule has 10 rings (SSSR count). The van der Waals surface area contributed by atoms with Gasteiger partial charge in [-0.25, -0.2) is 4.39 Å². The van der Waals surface area contributed by atoms with Gasteiger partial charge in [0.15, 0.2) is 5.82 Å². The van der Waals surface area contributed by atoms with Crippen LogP contribution in [0.2, 0.25) is 0 Å². The van der Waals surface area contributed by atoms with E-state index < -0.39 is 28.8 Å². The topological polar surface area (TPSA) is 114 Å². The van der Waals surface area contributed by atoms with Crippen LogP contribution in [0.25, 0.3) is 0 Å². The van der Waals surface area contributed by atoms with Gasteiger partial charge in [0.2, 0.25) is 0 Å². The van der Waals surface area contributed by atoms with Crippen LogP contribution in [0.3, 0.4) is 0 Å². The fourth-order valence-corrected chi connectivity index (χ4v) is 7.19. The Labute approximate surface area is 441 Å². The van der Waals surface area contributed by atoms with Gasteiger partial charge >= 0.3 is 22.9 Å². The van der Waals surface area contributed by atoms with Gasteiger partial charge in [-0.1, -0.05) is 176 Å². The van der Waals surface area contributed by atoms with Gasteiger partial charge in [-0.2, -0.15) is 21.6 Å². The molecule has 0 bridgehead atoms. The first-order valence-corrected chi connectivity index (χ1v) is 24.9. The van der Waals surface area contributed by atoms with Crippen molar-refractivity contribution < 1.29 is 45.2 Å². The van der Waals surface area contributed by atoms with Crippen LogP contribution in [0.1, 0.15) is 0 Å². The summed E-state index contributed by atoms with van der Waals surface area (Å²) >= 11 is 0. The van der Waals surface area contributed by atoms with Crippen LogP contribution in [0.5, 0.6) is 5.75 Å². The predicted octanol–water partition coefficient (Wildman–Crippen LogP) is 16.0. The number of alkyl halides is 3. The highest BCUT2D eigenvalue weighted by Crippen LogP contribution is 2.36. The summed E-state index contributed by atoms with van der Waals surface area (Å²) in [5.74, 6) is -0.803. The van der Waals surface area contributed by atoms with E-state index in [1.807, 2.05) is 54.6 Å². The summed E-state index contributed by atoms with van der Waals surface area (Å²) in [6.45, 7) is 0. The van der Waals surface area contributed by atoms with E-state index in [0.29, 0.717) is 0 Å². The Hall–Kier alpha value is -8.99. The molecular formula is C61H52BF4N3O6S. The zero-order chi connectivity index (χ0) is 54.0. The molecule has 0 radical (unpaired) electrons. The molecule has 0 spiro atoms. The van der Waals surface area contributed by atoms with E-state index in [9.17, 15) is 17.6 Å². The van der Waals surface area contributed by atoms with Crippen LogP contribution in [0, 0.1) is 5.82 Å². The second-order valence-electron chi connectivity index (χ2n) is 15.8. The predicted molar refractivity (Wildman–Crippen MR) is 298 cm³/mol. The van der Waals surface area contributed by atoms with Gasteiger partial charge in [-0.15, -0.1) is 0 Å². The third-order valence-electron chi connectivity index (χ3n) is 10.5. The number of benzene rings is 10. The smallest absolute Gasteiger partial charge is 0.510 e. The zero-order valence-electron chi connectivity index (χ0n) is 40.7. The van der Waals surface area contributed by atoms with E-state index in [2.05, 4.69) is 238 Å². The first-order valence-electron chi connectivity index (χ1n) is 23.5. The Balaban J connectivity index is 0.000000159. The molecule has 0 aliphatic heterocycles. The highest BCUT2D eigenvalue weighted by molar-refractivity contribution is 7.86. The van der Waals surface area contributed by atoms with E-state index in [-0.39, 0.29) is 5.75 Å². The molecule has 0 unspecified atom stereocenters. The van der Waals surface area contributed by atoms with Crippen LogP contribution in [0.15, 0.2) is 297 Å². The number of halogens is 4. The largest absolute Gasteiger partial charge is 0.707 e. The van der Waals surface area contributed by atoms with Crippen LogP contribution >= 0.6 is 0 Å². The normalized spacial score (nSPS) is 10.4. The Morgan fingerprint density at radius 3 is 0.632 bits per heavy atom. The summed E-state index contributed by atoms with van der Waals surface area (Å²) < 4.78 is 74.4. The van der Waals surface area contributed by atoms with Gasteiger partial charge in [0.25, 0.3) is 0 Å². The minimum atomic E-state index is -5.84. The van der Waals surface area contributed by atoms with Crippen LogP contribution in [-0.4, -0.2) is 35.8 Å². The molecule has 10 aromatic rings. The van der Waals surface area contributed by atoms with Crippen molar-refractivity contribution in [1.29, 1.82) is 0 Å². The van der Waals surface area contributed by atoms with E-state index >= 15 is 0 Å². The van der Waals surface area contributed by atoms with Gasteiger partial charge < -0.3 is 29.4 Å². The minimum Gasteiger partial charge on any atom is -0.510 e. The van der Waals surface area contributed by atoms with Gasteiger partial charge in [0.05, 0.1) is 0 Å². The lowest BCUT2D eigenvalue weighted by atomic mass is 10.2. The molecule has 0 heterocycles. The zero-order valence-corrected chi connectivity index (χ0v) is 41.5. The molecule has 0 aliphatic carbocycles. The standard InChI is InChI=1S/3C18H15N.C6H6BFO3.CHF3O3S/c3*1-4-10-16(11-5-1)19(17-12-6-2-7-13-17)18-14-8-3-9-15-18;8-5-3-1-2-4-6(5)11-7(9)10;2-1(3,4)8(5,6)7/h3*1-15H;1-4,9-10H;(H,5,6,7). The molecule has 76 heavy (non-hydrogen) atoms. The molecule has 9 nitrogen and oxygen atoms in total. The molecule has 0 fully saturated rings. The first-order chi connectivity index (χ1) is 36.8. The van der Waals surface area contributed by atoms with Gasteiger partial charge in [-0.05, 0) is 121 Å². The average Bonchev–Trinajstić information content (AvgIpc) is 3.45. The first kappa shape index (κ1) is 56.3. The minimum absolute atomic E-state index is 0.178. The molecule has 0 amide bonds. The number of hydrogen-bond acceptors (Lipinski definition) is 8. The lowest BCUT2D eigenvalue weighted by Gasteiger charge is -2.25. The monoisotopic (exact) mass is 1040 g/mol. The summed E-state index contributed by atoms with van der Waals surface area (Å²) in [5, 5.41) is 16.6. The Morgan fingerprint density at radius 1 is 0.329 bits per heavy atom. The highest BCUT2D eigenvalue weighted by Gasteiger charge is 2.44. The molecule has 0 saturated heterocycles. The third kappa shape index (κ3) is 17.6. The van der Waals surface area contributed by atoms with Crippen LogP contribution in [0.4, 0.5) is 68.7 Å². The van der Waals surface area contributed by atoms with Crippen molar-refractivity contribution in [1.82, 2.24) is 0 Å². The van der Waals surface area contributed by atoms with E-state index in [0.717, 1.165) is 6.07 Å². The number of anilines is 9. The Morgan fingerprint density at radius 2 is 0.487 bits per heavy atom. The molecule has 0 saturated carbocycles. The van der Waals surface area contributed by atoms with Gasteiger partial charge in [0, 0.05) is 51.2 Å². The number of hydrogen-bond donors (Lipinski definition) is 3. The summed E-state index contributed by atoms with van der Waals surface area (Å²) in [6, 6.07) is 99.2. The maximum atomic E-state index is 12.6. The van der Waals surface area contributed by atoms with Crippen molar-refractivity contribution in [2.45, 2.75) is 5.51 Å². The van der Waals surface area contributed by atoms with E-state index in [4.69, 9.17) is 23.0 Å². The third-order valence-corrected chi connectivity index (χ3v) is 11.1. The summed E-state index contributed by atoms with van der Waals surface area (Å²) in [7, 11) is -7.82. The van der Waals surface area contributed by atoms with Crippen molar-refractivity contribution in [2.75, 3.05) is 14.7 Å². The second-order valence-corrected chi connectivity index (χ2v) is 17.2. The molecule has 15 heteroatoms. The quantitative estimate of drug-likeness (QED) is 0.0504. The number of para-hydroxylation sites is 10. The maximum Gasteiger partial charge on any atom is 0.707 e. The SMILES string of the molecule is O=S(=O)(O)C(F)(F)F.OB(O)Oc1ccccc1F.c1ccc(N(c2ccccc2)c2ccccc2)cc1.c1ccc(N(c2ccccc2)c2ccccc2)cc1.c1ccc(N(c2ccccc2)c2ccccc2)cc1. The van der Waals surface area contributed by atoms with Crippen LogP contribution < -0.4 is 19.4 Å². The van der Waals surface area contributed by atoms with E-state index in [1.54, 1.807) is 0 Å². The lowest BCUT2D eigenvalue weighted by molar-refractivity contribution is -0.0510. The van der Waals surface area contributed by atoms with Crippen molar-refractivity contribution in [3.05, 3.63) is 303 Å². The summed E-state index contributed by atoms with van der Waals surface area (Å²) in [6.07, 6.45) is 0. The number of rotatable bonds is 11. The molecule has 10 aromatic carbocycles. The van der Waals surface area contributed by atoms with Gasteiger partial charge in [0.1, 0.15) is 5.75 Å². The van der Waals surface area contributed by atoms with E-state index in [1.165, 1.54) is 69.4 Å². The molecule has 0 aromatic heterocycles. The van der Waals surface area contributed by atoms with Gasteiger partial charge in [-0.3, -0.25) is 4.55 Å². The fraction of sp³-hybridized carbons (Fsp3) is 0.0164. The second kappa shape index (κ2) is 29.0. The maximum absolute atomic E-state index is 12.6. The van der Waals surface area contributed by atoms with Crippen molar-refractivity contribution >= 4 is 68.6 Å². The molecule has 0 atom stereocenters. The average molecular weight is 1040 g/mol. The lowest BCUT2D eigenvalue weighted by Crippen LogP contribution is -2.21. The van der Waals surface area contributed by atoms with Crippen molar-refractivity contribution in [3.8, 4) is 5.75 Å². The molecule has 0 aliphatic rings. The Kier molecular flexibility index (Phi) is 21.5. The summed E-state index contributed by atoms with van der Waals surface area (Å²) in [5.41, 5.74) is 4.96. The molecule has 3 N–H and O–H groups in total. The molecule has 384 valence electrons. The molecular weight excluding hydrogens is 990 g/mol. The summed E-state index contributed by atoms with van der Waals surface area (Å²) in [4.78, 5) is 6.75. The van der Waals surface area contributed by atoms with Crippen molar-refractivity contribution in [2.24, 2.45) is 0 Å².